The number of carbonyl (C=O) groups excluding carboxylic acids is 1. The van der Waals surface area contributed by atoms with Crippen LogP contribution in [0.15, 0.2) is 42.5 Å². The molecule has 2 aliphatic rings. The van der Waals surface area contributed by atoms with Crippen LogP contribution in [0.4, 0.5) is 20.2 Å². The van der Waals surface area contributed by atoms with Crippen molar-refractivity contribution in [2.75, 3.05) is 23.3 Å². The molecule has 0 spiro atoms. The summed E-state index contributed by atoms with van der Waals surface area (Å²) in [6.07, 6.45) is 3.84. The summed E-state index contributed by atoms with van der Waals surface area (Å²) in [5.74, 6) is -1.27. The largest absolute Gasteiger partial charge is 0.371 e. The quantitative estimate of drug-likeness (QED) is 0.788. The van der Waals surface area contributed by atoms with Crippen molar-refractivity contribution in [1.82, 2.24) is 5.32 Å². The Morgan fingerprint density at radius 1 is 1.04 bits per heavy atom. The van der Waals surface area contributed by atoms with Crippen LogP contribution in [0.25, 0.3) is 0 Å². The monoisotopic (exact) mass is 385 g/mol. The second-order valence-electron chi connectivity index (χ2n) is 7.67. The third kappa shape index (κ3) is 4.50. The fraction of sp³-hybridized carbons (Fsp3) is 0.409. The summed E-state index contributed by atoms with van der Waals surface area (Å²) in [4.78, 5) is 14.3. The summed E-state index contributed by atoms with van der Waals surface area (Å²) in [6.45, 7) is 2.09. The predicted octanol–water partition coefficient (Wildman–Crippen LogP) is 4.07. The van der Waals surface area contributed by atoms with Crippen molar-refractivity contribution in [3.8, 4) is 0 Å². The van der Waals surface area contributed by atoms with Crippen molar-refractivity contribution in [2.45, 2.75) is 38.3 Å². The van der Waals surface area contributed by atoms with E-state index >= 15 is 0 Å². The Hall–Kier alpha value is -2.47. The Morgan fingerprint density at radius 2 is 1.79 bits per heavy atom. The van der Waals surface area contributed by atoms with Gasteiger partial charge < -0.3 is 15.5 Å². The lowest BCUT2D eigenvalue weighted by molar-refractivity contribution is -0.117. The van der Waals surface area contributed by atoms with Crippen molar-refractivity contribution in [3.63, 3.8) is 0 Å². The molecule has 2 fully saturated rings. The molecule has 1 aliphatic heterocycles. The number of nitrogens with zero attached hydrogens (tertiary/aromatic N) is 1. The number of anilines is 2. The van der Waals surface area contributed by atoms with E-state index in [9.17, 15) is 13.6 Å². The second-order valence-corrected chi connectivity index (χ2v) is 7.67. The van der Waals surface area contributed by atoms with Gasteiger partial charge in [0, 0.05) is 48.5 Å². The molecule has 1 aliphatic carbocycles. The molecule has 0 bridgehead atoms. The molecule has 6 heteroatoms. The SMILES string of the molecule is O=C(Nc1cccc(N2CCC(NCc3cccc(F)c3F)CC2)c1)C1CC1. The van der Waals surface area contributed by atoms with E-state index in [1.165, 1.54) is 6.07 Å². The normalized spacial score (nSPS) is 17.6. The second kappa shape index (κ2) is 8.27. The summed E-state index contributed by atoms with van der Waals surface area (Å²) < 4.78 is 27.1. The Kier molecular flexibility index (Phi) is 5.57. The Labute approximate surface area is 163 Å². The Balaban J connectivity index is 1.29. The number of carbonyl (C=O) groups is 1. The van der Waals surface area contributed by atoms with Crippen LogP contribution in [0.1, 0.15) is 31.2 Å². The maximum atomic E-state index is 13.8. The molecule has 0 atom stereocenters. The molecule has 2 N–H and O–H groups in total. The van der Waals surface area contributed by atoms with Gasteiger partial charge in [0.1, 0.15) is 0 Å². The van der Waals surface area contributed by atoms with Crippen LogP contribution >= 0.6 is 0 Å². The summed E-state index contributed by atoms with van der Waals surface area (Å²) in [5, 5.41) is 6.34. The van der Waals surface area contributed by atoms with E-state index in [0.29, 0.717) is 12.1 Å². The zero-order valence-electron chi connectivity index (χ0n) is 15.8. The van der Waals surface area contributed by atoms with Crippen LogP contribution < -0.4 is 15.5 Å². The average molecular weight is 385 g/mol. The highest BCUT2D eigenvalue weighted by atomic mass is 19.2. The maximum Gasteiger partial charge on any atom is 0.227 e. The van der Waals surface area contributed by atoms with Gasteiger partial charge in [-0.2, -0.15) is 0 Å². The van der Waals surface area contributed by atoms with Crippen molar-refractivity contribution < 1.29 is 13.6 Å². The summed E-state index contributed by atoms with van der Waals surface area (Å²) in [6, 6.07) is 12.5. The van der Waals surface area contributed by atoms with Gasteiger partial charge in [-0.25, -0.2) is 8.78 Å². The highest BCUT2D eigenvalue weighted by molar-refractivity contribution is 5.94. The molecule has 1 amide bonds. The number of nitrogens with one attached hydrogen (secondary N) is 2. The minimum atomic E-state index is -0.803. The molecular formula is C22H25F2N3O. The third-order valence-corrected chi connectivity index (χ3v) is 5.53. The van der Waals surface area contributed by atoms with Gasteiger partial charge in [0.25, 0.3) is 0 Å². The topological polar surface area (TPSA) is 44.4 Å². The van der Waals surface area contributed by atoms with Gasteiger partial charge >= 0.3 is 0 Å². The molecule has 0 aromatic heterocycles. The van der Waals surface area contributed by atoms with Crippen molar-refractivity contribution in [2.24, 2.45) is 5.92 Å². The molecule has 2 aromatic carbocycles. The van der Waals surface area contributed by atoms with E-state index in [0.717, 1.165) is 56.2 Å². The van der Waals surface area contributed by atoms with E-state index in [1.807, 2.05) is 18.2 Å². The number of hydrogen-bond donors (Lipinski definition) is 2. The molecule has 2 aromatic rings. The Morgan fingerprint density at radius 3 is 2.54 bits per heavy atom. The number of amides is 1. The lowest BCUT2D eigenvalue weighted by Gasteiger charge is -2.34. The van der Waals surface area contributed by atoms with E-state index in [-0.39, 0.29) is 17.9 Å². The predicted molar refractivity (Wildman–Crippen MR) is 106 cm³/mol. The fourth-order valence-electron chi connectivity index (χ4n) is 3.65. The van der Waals surface area contributed by atoms with E-state index < -0.39 is 11.6 Å². The van der Waals surface area contributed by atoms with Gasteiger partial charge in [-0.1, -0.05) is 18.2 Å². The highest BCUT2D eigenvalue weighted by Gasteiger charge is 2.29. The molecule has 28 heavy (non-hydrogen) atoms. The van der Waals surface area contributed by atoms with Gasteiger partial charge in [-0.3, -0.25) is 4.79 Å². The number of benzene rings is 2. The molecule has 0 unspecified atom stereocenters. The van der Waals surface area contributed by atoms with E-state index in [2.05, 4.69) is 21.6 Å². The van der Waals surface area contributed by atoms with Gasteiger partial charge in [0.2, 0.25) is 5.91 Å². The first-order valence-corrected chi connectivity index (χ1v) is 9.92. The number of rotatable bonds is 6. The third-order valence-electron chi connectivity index (χ3n) is 5.53. The van der Waals surface area contributed by atoms with E-state index in [4.69, 9.17) is 0 Å². The standard InChI is InChI=1S/C22H25F2N3O/c23-20-6-1-3-16(21(20)24)14-25-17-9-11-27(12-10-17)19-5-2-4-18(13-19)26-22(28)15-7-8-15/h1-6,13,15,17,25H,7-12,14H2,(H,26,28). The van der Waals surface area contributed by atoms with Gasteiger partial charge in [0.05, 0.1) is 0 Å². The first-order chi connectivity index (χ1) is 13.6. The van der Waals surface area contributed by atoms with Gasteiger partial charge in [-0.05, 0) is 49.9 Å². The average Bonchev–Trinajstić information content (AvgIpc) is 3.55. The first kappa shape index (κ1) is 18.9. The van der Waals surface area contributed by atoms with Crippen LogP contribution in [0.2, 0.25) is 0 Å². The van der Waals surface area contributed by atoms with Crippen LogP contribution in [0.3, 0.4) is 0 Å². The maximum absolute atomic E-state index is 13.8. The highest BCUT2D eigenvalue weighted by Crippen LogP contribution is 2.31. The lowest BCUT2D eigenvalue weighted by atomic mass is 10.0. The fourth-order valence-corrected chi connectivity index (χ4v) is 3.65. The van der Waals surface area contributed by atoms with Crippen LogP contribution in [-0.2, 0) is 11.3 Å². The lowest BCUT2D eigenvalue weighted by Crippen LogP contribution is -2.42. The minimum Gasteiger partial charge on any atom is -0.371 e. The molecule has 4 nitrogen and oxygen atoms in total. The summed E-state index contributed by atoms with van der Waals surface area (Å²) >= 11 is 0. The molecule has 1 saturated heterocycles. The molecule has 1 saturated carbocycles. The molecule has 0 radical (unpaired) electrons. The molecule has 1 heterocycles. The first-order valence-electron chi connectivity index (χ1n) is 9.92. The van der Waals surface area contributed by atoms with Crippen molar-refractivity contribution in [1.29, 1.82) is 0 Å². The Bertz CT molecular complexity index is 845. The van der Waals surface area contributed by atoms with Gasteiger partial charge in [0.15, 0.2) is 11.6 Å². The summed E-state index contributed by atoms with van der Waals surface area (Å²) in [5.41, 5.74) is 2.31. The van der Waals surface area contributed by atoms with Gasteiger partial charge in [-0.15, -0.1) is 0 Å². The molecule has 148 valence electrons. The molecule has 4 rings (SSSR count). The minimum absolute atomic E-state index is 0.115. The number of piperidine rings is 1. The van der Waals surface area contributed by atoms with Crippen molar-refractivity contribution in [3.05, 3.63) is 59.7 Å². The van der Waals surface area contributed by atoms with E-state index in [1.54, 1.807) is 6.07 Å². The van der Waals surface area contributed by atoms with Crippen LogP contribution in [-0.4, -0.2) is 25.0 Å². The number of halogens is 2. The summed E-state index contributed by atoms with van der Waals surface area (Å²) in [7, 11) is 0. The number of hydrogen-bond acceptors (Lipinski definition) is 3. The molecular weight excluding hydrogens is 360 g/mol. The zero-order chi connectivity index (χ0) is 19.5. The smallest absolute Gasteiger partial charge is 0.227 e. The van der Waals surface area contributed by atoms with Crippen LogP contribution in [0.5, 0.6) is 0 Å². The van der Waals surface area contributed by atoms with Crippen LogP contribution in [0, 0.1) is 17.6 Å². The zero-order valence-corrected chi connectivity index (χ0v) is 15.8. The van der Waals surface area contributed by atoms with Crippen molar-refractivity contribution >= 4 is 17.3 Å².